The molecule has 1 aliphatic rings. The average molecular weight is 406 g/mol. The summed E-state index contributed by atoms with van der Waals surface area (Å²) in [6, 6.07) is 13.5. The van der Waals surface area contributed by atoms with Gasteiger partial charge in [-0.3, -0.25) is 9.59 Å². The molecule has 3 aromatic rings. The number of hydrogen-bond acceptors (Lipinski definition) is 3. The molecule has 1 atom stereocenters. The maximum atomic E-state index is 13.3. The molecule has 0 spiro atoms. The van der Waals surface area contributed by atoms with Gasteiger partial charge in [-0.15, -0.1) is 0 Å². The van der Waals surface area contributed by atoms with Crippen molar-refractivity contribution in [2.24, 2.45) is 5.92 Å². The van der Waals surface area contributed by atoms with Gasteiger partial charge in [0.1, 0.15) is 11.6 Å². The summed E-state index contributed by atoms with van der Waals surface area (Å²) >= 11 is 0. The zero-order valence-corrected chi connectivity index (χ0v) is 17.1. The summed E-state index contributed by atoms with van der Waals surface area (Å²) in [4.78, 5) is 27.3. The number of nitrogens with one attached hydrogen (secondary N) is 1. The predicted octanol–water partition coefficient (Wildman–Crippen LogP) is 3.93. The molecule has 30 heavy (non-hydrogen) atoms. The van der Waals surface area contributed by atoms with Crippen molar-refractivity contribution in [2.75, 3.05) is 16.8 Å². The molecule has 154 valence electrons. The number of carbonyl (C=O) groups excluding carboxylic acids is 2. The Bertz CT molecular complexity index is 1120. The van der Waals surface area contributed by atoms with Crippen LogP contribution >= 0.6 is 0 Å². The predicted molar refractivity (Wildman–Crippen MR) is 113 cm³/mol. The molecule has 0 bridgehead atoms. The van der Waals surface area contributed by atoms with Crippen LogP contribution in [0.1, 0.15) is 23.2 Å². The van der Waals surface area contributed by atoms with Crippen molar-refractivity contribution in [2.45, 2.75) is 27.2 Å². The van der Waals surface area contributed by atoms with Crippen LogP contribution in [-0.2, 0) is 9.59 Å². The van der Waals surface area contributed by atoms with Crippen LogP contribution in [0.3, 0.4) is 0 Å². The van der Waals surface area contributed by atoms with Crippen molar-refractivity contribution in [3.05, 3.63) is 71.2 Å². The maximum Gasteiger partial charge on any atom is 0.230 e. The standard InChI is InChI=1S/C23H23FN4O2/c1-14-5-4-6-20(16(14)3)27-13-17(12-22(27)29)23(30)25-21-11-15(2)26-28(21)19-9-7-18(24)8-10-19/h4-11,17H,12-13H2,1-3H3,(H,25,30). The lowest BCUT2D eigenvalue weighted by Gasteiger charge is -2.20. The molecule has 1 saturated heterocycles. The SMILES string of the molecule is Cc1cc(NC(=O)C2CC(=O)N(c3cccc(C)c3C)C2)n(-c2ccc(F)cc2)n1. The Morgan fingerprint density at radius 2 is 1.87 bits per heavy atom. The smallest absolute Gasteiger partial charge is 0.230 e. The van der Waals surface area contributed by atoms with E-state index in [1.54, 1.807) is 27.8 Å². The lowest BCUT2D eigenvalue weighted by molar-refractivity contribution is -0.122. The Hall–Kier alpha value is -3.48. The van der Waals surface area contributed by atoms with Crippen LogP contribution in [0, 0.1) is 32.5 Å². The Morgan fingerprint density at radius 3 is 2.60 bits per heavy atom. The van der Waals surface area contributed by atoms with Crippen LogP contribution in [0.25, 0.3) is 5.69 Å². The second kappa shape index (κ2) is 7.74. The van der Waals surface area contributed by atoms with Gasteiger partial charge in [-0.1, -0.05) is 12.1 Å². The van der Waals surface area contributed by atoms with E-state index in [0.717, 1.165) is 16.8 Å². The molecule has 0 aliphatic carbocycles. The first-order chi connectivity index (χ1) is 14.3. The van der Waals surface area contributed by atoms with E-state index < -0.39 is 5.92 Å². The highest BCUT2D eigenvalue weighted by Crippen LogP contribution is 2.30. The zero-order chi connectivity index (χ0) is 21.4. The molecule has 1 N–H and O–H groups in total. The highest BCUT2D eigenvalue weighted by Gasteiger charge is 2.36. The van der Waals surface area contributed by atoms with E-state index in [-0.39, 0.29) is 24.1 Å². The first-order valence-electron chi connectivity index (χ1n) is 9.83. The molecular weight excluding hydrogens is 383 g/mol. The van der Waals surface area contributed by atoms with Crippen LogP contribution in [0.2, 0.25) is 0 Å². The topological polar surface area (TPSA) is 67.2 Å². The molecule has 1 aromatic heterocycles. The van der Waals surface area contributed by atoms with E-state index in [9.17, 15) is 14.0 Å². The van der Waals surface area contributed by atoms with Gasteiger partial charge in [-0.05, 0) is 62.2 Å². The fourth-order valence-corrected chi connectivity index (χ4v) is 3.74. The molecule has 7 heteroatoms. The van der Waals surface area contributed by atoms with E-state index >= 15 is 0 Å². The van der Waals surface area contributed by atoms with Gasteiger partial charge < -0.3 is 10.2 Å². The van der Waals surface area contributed by atoms with E-state index in [4.69, 9.17) is 0 Å². The maximum absolute atomic E-state index is 13.3. The van der Waals surface area contributed by atoms with Crippen LogP contribution < -0.4 is 10.2 Å². The molecule has 1 unspecified atom stereocenters. The lowest BCUT2D eigenvalue weighted by atomic mass is 10.1. The second-order valence-electron chi connectivity index (χ2n) is 7.67. The molecule has 6 nitrogen and oxygen atoms in total. The second-order valence-corrected chi connectivity index (χ2v) is 7.67. The summed E-state index contributed by atoms with van der Waals surface area (Å²) in [6.45, 7) is 6.13. The molecule has 2 aromatic carbocycles. The third kappa shape index (κ3) is 3.70. The number of hydrogen-bond donors (Lipinski definition) is 1. The van der Waals surface area contributed by atoms with Gasteiger partial charge in [0.15, 0.2) is 0 Å². The minimum absolute atomic E-state index is 0.0629. The van der Waals surface area contributed by atoms with E-state index in [0.29, 0.717) is 23.7 Å². The quantitative estimate of drug-likeness (QED) is 0.714. The van der Waals surface area contributed by atoms with Gasteiger partial charge in [0.05, 0.1) is 17.3 Å². The molecular formula is C23H23FN4O2. The van der Waals surface area contributed by atoms with Gasteiger partial charge >= 0.3 is 0 Å². The van der Waals surface area contributed by atoms with Gasteiger partial charge in [0, 0.05) is 24.7 Å². The van der Waals surface area contributed by atoms with Crippen LogP contribution in [0.15, 0.2) is 48.5 Å². The number of carbonyl (C=O) groups is 2. The summed E-state index contributed by atoms with van der Waals surface area (Å²) in [5, 5.41) is 7.29. The monoisotopic (exact) mass is 406 g/mol. The highest BCUT2D eigenvalue weighted by atomic mass is 19.1. The number of anilines is 2. The fraction of sp³-hybridized carbons (Fsp3) is 0.261. The highest BCUT2D eigenvalue weighted by molar-refractivity contribution is 6.03. The van der Waals surface area contributed by atoms with Gasteiger partial charge in [0.25, 0.3) is 0 Å². The largest absolute Gasteiger partial charge is 0.311 e. The lowest BCUT2D eigenvalue weighted by Crippen LogP contribution is -2.29. The summed E-state index contributed by atoms with van der Waals surface area (Å²) < 4.78 is 14.8. The Balaban J connectivity index is 1.54. The summed E-state index contributed by atoms with van der Waals surface area (Å²) in [7, 11) is 0. The number of nitrogens with zero attached hydrogens (tertiary/aromatic N) is 3. The summed E-state index contributed by atoms with van der Waals surface area (Å²) in [5.41, 5.74) is 4.35. The summed E-state index contributed by atoms with van der Waals surface area (Å²) in [5.74, 6) is -0.619. The number of aromatic nitrogens is 2. The first-order valence-corrected chi connectivity index (χ1v) is 9.83. The molecule has 0 radical (unpaired) electrons. The van der Waals surface area contributed by atoms with Gasteiger partial charge in [-0.25, -0.2) is 9.07 Å². The van der Waals surface area contributed by atoms with Crippen LogP contribution in [0.4, 0.5) is 15.9 Å². The molecule has 2 amide bonds. The Kier molecular flexibility index (Phi) is 5.11. The molecule has 1 fully saturated rings. The zero-order valence-electron chi connectivity index (χ0n) is 17.1. The van der Waals surface area contributed by atoms with Gasteiger partial charge in [0.2, 0.25) is 11.8 Å². The van der Waals surface area contributed by atoms with Gasteiger partial charge in [-0.2, -0.15) is 5.10 Å². The number of benzene rings is 2. The van der Waals surface area contributed by atoms with Crippen molar-refractivity contribution < 1.29 is 14.0 Å². The molecule has 1 aliphatic heterocycles. The van der Waals surface area contributed by atoms with E-state index in [1.807, 2.05) is 39.0 Å². The van der Waals surface area contributed by atoms with Crippen molar-refractivity contribution >= 4 is 23.3 Å². The minimum Gasteiger partial charge on any atom is -0.311 e. The number of halogens is 1. The fourth-order valence-electron chi connectivity index (χ4n) is 3.74. The van der Waals surface area contributed by atoms with Crippen molar-refractivity contribution in [1.82, 2.24) is 9.78 Å². The number of aryl methyl sites for hydroxylation is 2. The average Bonchev–Trinajstić information content (AvgIpc) is 3.27. The normalized spacial score (nSPS) is 16.2. The number of amides is 2. The first kappa shape index (κ1) is 19.8. The molecule has 0 saturated carbocycles. The Morgan fingerprint density at radius 1 is 1.13 bits per heavy atom. The Labute approximate surface area is 174 Å². The molecule has 2 heterocycles. The third-order valence-electron chi connectivity index (χ3n) is 5.52. The van der Waals surface area contributed by atoms with Crippen molar-refractivity contribution in [3.8, 4) is 5.69 Å². The summed E-state index contributed by atoms with van der Waals surface area (Å²) in [6.07, 6.45) is 0.156. The van der Waals surface area contributed by atoms with E-state index in [1.165, 1.54) is 12.1 Å². The van der Waals surface area contributed by atoms with Crippen LogP contribution in [0.5, 0.6) is 0 Å². The van der Waals surface area contributed by atoms with E-state index in [2.05, 4.69) is 10.4 Å². The molecule has 4 rings (SSSR count). The number of rotatable bonds is 4. The van der Waals surface area contributed by atoms with Crippen molar-refractivity contribution in [1.29, 1.82) is 0 Å². The van der Waals surface area contributed by atoms with Crippen molar-refractivity contribution in [3.63, 3.8) is 0 Å². The third-order valence-corrected chi connectivity index (χ3v) is 5.52. The van der Waals surface area contributed by atoms with Crippen LogP contribution in [-0.4, -0.2) is 28.1 Å². The minimum atomic E-state index is -0.464.